The number of phosphoric acid groups is 1. The van der Waals surface area contributed by atoms with Gasteiger partial charge in [-0.1, -0.05) is 0 Å². The van der Waals surface area contributed by atoms with Crippen LogP contribution in [0.4, 0.5) is 5.82 Å². The zero-order valence-corrected chi connectivity index (χ0v) is 24.4. The Kier molecular flexibility index (Phi) is 16.7. The summed E-state index contributed by atoms with van der Waals surface area (Å²) in [7, 11) is 1.83. The third kappa shape index (κ3) is 15.2. The first-order chi connectivity index (χ1) is 17.9. The number of aromatic nitrogens is 2. The third-order valence-corrected chi connectivity index (χ3v) is 6.51. The monoisotopic (exact) mass is 617 g/mol. The van der Waals surface area contributed by atoms with Crippen LogP contribution in [0.2, 0.25) is 0 Å². The molecule has 0 bridgehead atoms. The molecule has 0 aromatic carbocycles. The zero-order chi connectivity index (χ0) is 30.4. The van der Waals surface area contributed by atoms with Crippen molar-refractivity contribution in [3.63, 3.8) is 0 Å². The van der Waals surface area contributed by atoms with E-state index in [4.69, 9.17) is 20.7 Å². The van der Waals surface area contributed by atoms with Gasteiger partial charge in [-0.25, -0.2) is 4.79 Å². The number of quaternary nitrogens is 2. The molecule has 1 aromatic rings. The Morgan fingerprint density at radius 3 is 1.97 bits per heavy atom. The van der Waals surface area contributed by atoms with E-state index >= 15 is 0 Å². The molecular weight excluding hydrogens is 583 g/mol. The van der Waals surface area contributed by atoms with Crippen LogP contribution in [-0.4, -0.2) is 118 Å². The average Bonchev–Trinajstić information content (AvgIpc) is 3.06. The molecule has 0 aliphatic carbocycles. The largest absolute Gasteiger partial charge is 0.790 e. The van der Waals surface area contributed by atoms with E-state index in [1.807, 2.05) is 28.2 Å². The van der Waals surface area contributed by atoms with Gasteiger partial charge in [-0.15, -0.1) is 0 Å². The normalized spacial score (nSPS) is 20.9. The second kappa shape index (κ2) is 17.4. The number of hydrogen-bond donors (Lipinski definition) is 5. The van der Waals surface area contributed by atoms with E-state index in [0.29, 0.717) is 22.1 Å². The summed E-state index contributed by atoms with van der Waals surface area (Å²) >= 11 is 0. The van der Waals surface area contributed by atoms with Gasteiger partial charge in [-0.2, -0.15) is 4.98 Å². The number of nitrogens with two attached hydrogens (primary N) is 1. The summed E-state index contributed by atoms with van der Waals surface area (Å²) in [5.41, 5.74) is 4.49. The first kappa shape index (κ1) is 37.5. The van der Waals surface area contributed by atoms with Crippen LogP contribution in [0.3, 0.4) is 0 Å². The van der Waals surface area contributed by atoms with Crippen LogP contribution in [0.5, 0.6) is 0 Å². The molecule has 0 radical (unpaired) electrons. The Balaban J connectivity index is 0.000000667. The maximum absolute atomic E-state index is 11.6. The molecule has 0 unspecified atom stereocenters. The summed E-state index contributed by atoms with van der Waals surface area (Å²) in [5.74, 6) is 5.19. The molecule has 1 aliphatic heterocycles. The number of hydrogen-bond acceptors (Lipinski definition) is 14. The molecule has 20 heteroatoms. The summed E-state index contributed by atoms with van der Waals surface area (Å²) in [6, 6.07) is 1.27. The van der Waals surface area contributed by atoms with Crippen molar-refractivity contribution in [3.05, 3.63) is 22.7 Å². The molecule has 2 heterocycles. The van der Waals surface area contributed by atoms with E-state index < -0.39 is 44.7 Å². The first-order valence-electron chi connectivity index (χ1n) is 11.0. The van der Waals surface area contributed by atoms with Crippen molar-refractivity contribution in [3.8, 4) is 11.5 Å². The molecule has 0 amide bonds. The van der Waals surface area contributed by atoms with Gasteiger partial charge in [0.1, 0.15) is 24.1 Å². The second-order valence-corrected chi connectivity index (χ2v) is 10.9. The Labute approximate surface area is 227 Å². The number of anilines is 1. The van der Waals surface area contributed by atoms with Crippen molar-refractivity contribution in [2.24, 2.45) is 0 Å². The van der Waals surface area contributed by atoms with Crippen molar-refractivity contribution >= 4 is 29.5 Å². The van der Waals surface area contributed by atoms with E-state index in [-0.39, 0.29) is 34.9 Å². The maximum Gasteiger partial charge on any atom is 0.351 e. The van der Waals surface area contributed by atoms with Gasteiger partial charge in [-0.3, -0.25) is 4.57 Å². The molecule has 0 saturated carbocycles. The van der Waals surface area contributed by atoms with Crippen molar-refractivity contribution in [1.82, 2.24) is 9.55 Å². The average molecular weight is 617 g/mol. The van der Waals surface area contributed by atoms with E-state index in [9.17, 15) is 38.5 Å². The summed E-state index contributed by atoms with van der Waals surface area (Å²) < 4.78 is 41.1. The zero-order valence-electron chi connectivity index (χ0n) is 21.8. The van der Waals surface area contributed by atoms with E-state index in [0.717, 1.165) is 4.57 Å². The summed E-state index contributed by atoms with van der Waals surface area (Å²) in [5, 5.41) is 36.5. The Morgan fingerprint density at radius 2 is 1.59 bits per heavy atom. The molecule has 1 aromatic heterocycles. The summed E-state index contributed by atoms with van der Waals surface area (Å²) in [6.45, 7) is 0.506. The molecular formula is C19H34N5O12P3. The predicted octanol–water partition coefficient (Wildman–Crippen LogP) is -3.18. The molecule has 0 spiro atoms. The number of nitrogens with zero attached hydrogens (tertiary/aromatic N) is 4. The number of likely N-dealkylation sites (N-methyl/N-ethyl adjacent to an activating group) is 2. The summed E-state index contributed by atoms with van der Waals surface area (Å²) in [6.07, 6.45) is -4.51. The maximum atomic E-state index is 11.6. The molecule has 1 saturated heterocycles. The molecule has 1 fully saturated rings. The van der Waals surface area contributed by atoms with Gasteiger partial charge in [-0.05, 0) is 6.07 Å². The third-order valence-electron chi connectivity index (χ3n) is 4.80. The van der Waals surface area contributed by atoms with E-state index in [1.54, 1.807) is 0 Å². The number of aliphatic hydroxyl groups is 4. The predicted molar refractivity (Wildman–Crippen MR) is 134 cm³/mol. The van der Waals surface area contributed by atoms with Crippen LogP contribution in [0.15, 0.2) is 17.1 Å². The van der Waals surface area contributed by atoms with Crippen molar-refractivity contribution in [1.29, 1.82) is 0 Å². The smallest absolute Gasteiger partial charge is 0.351 e. The molecule has 17 nitrogen and oxygen atoms in total. The van der Waals surface area contributed by atoms with Gasteiger partial charge in [0.15, 0.2) is 6.23 Å². The van der Waals surface area contributed by atoms with Crippen LogP contribution in [0.25, 0.3) is 0 Å². The number of phosphoric ester groups is 1. The molecule has 39 heavy (non-hydrogen) atoms. The minimum absolute atomic E-state index is 0.0391. The molecule has 4 atom stereocenters. The Hall–Kier alpha value is -1.47. The van der Waals surface area contributed by atoms with Crippen LogP contribution < -0.4 is 21.2 Å². The van der Waals surface area contributed by atoms with Gasteiger partial charge in [0.05, 0.1) is 14.4 Å². The topological polar surface area (TPSA) is 258 Å². The van der Waals surface area contributed by atoms with Gasteiger partial charge in [0.25, 0.3) is 0 Å². The van der Waals surface area contributed by atoms with Crippen molar-refractivity contribution in [2.45, 2.75) is 24.5 Å². The second-order valence-electron chi connectivity index (χ2n) is 8.98. The Bertz CT molecular complexity index is 1190. The van der Waals surface area contributed by atoms with E-state index in [1.165, 1.54) is 12.3 Å². The quantitative estimate of drug-likeness (QED) is 0.142. The minimum Gasteiger partial charge on any atom is -0.790 e. The van der Waals surface area contributed by atoms with Gasteiger partial charge in [0, 0.05) is 6.20 Å². The number of ether oxygens (including phenoxy) is 1. The van der Waals surface area contributed by atoms with Gasteiger partial charge >= 0.3 is 116 Å². The van der Waals surface area contributed by atoms with Crippen molar-refractivity contribution in [2.75, 3.05) is 66.8 Å². The van der Waals surface area contributed by atoms with Crippen LogP contribution in [0.1, 0.15) is 6.23 Å². The summed E-state index contributed by atoms with van der Waals surface area (Å²) in [4.78, 5) is 35.8. The van der Waals surface area contributed by atoms with Crippen LogP contribution >= 0.6 is 23.7 Å². The Morgan fingerprint density at radius 1 is 1.10 bits per heavy atom. The fourth-order valence-corrected chi connectivity index (χ4v) is 3.67. The number of nitrogen functional groups attached to an aromatic ring is 1. The van der Waals surface area contributed by atoms with Gasteiger partial charge in [0.2, 0.25) is 0 Å². The molecule has 1 aliphatic rings. The molecule has 6 N–H and O–H groups in total. The first-order valence-corrected chi connectivity index (χ1v) is 14.1. The van der Waals surface area contributed by atoms with Crippen LogP contribution in [0, 0.1) is 11.5 Å². The SMILES string of the molecule is C[N+](C)(C#P=O)CCO.C[N+](C)(C#P=O)CCO.Nc1ccn([C@@H]2O[C@H](COP(=O)([O-])[O-])[C@@H](O)[C@H]2O)c(=O)n1. The molecule has 2 rings (SSSR count). The van der Waals surface area contributed by atoms with Crippen molar-refractivity contribution < 1.29 is 62.1 Å². The van der Waals surface area contributed by atoms with Crippen LogP contribution in [-0.2, 0) is 23.0 Å². The fraction of sp³-hybridized carbons (Fsp3) is 0.684. The number of aliphatic hydroxyl groups excluding tert-OH is 4. The minimum atomic E-state index is -5.24. The van der Waals surface area contributed by atoms with E-state index in [2.05, 4.69) is 21.0 Å². The van der Waals surface area contributed by atoms with Gasteiger partial charge < -0.3 is 39.6 Å². The standard InChI is InChI=1S/C9H14N3O8P.2C5H11NO2P/c10-5-1-2-12(9(15)11-5)8-7(14)6(13)4(20-8)3-19-21(16,17)18;2*1-6(2,3-4-7)5-9-8/h1-2,4,6-8,13-14H,3H2,(H2,10,11,15)(H2,16,17,18);2*7H,3-4H2,1-2H3/q;2*+1/p-2/t4-,6-,7-,8-;;/m1../s1. The fourth-order valence-electron chi connectivity index (χ4n) is 2.70. The molecule has 222 valence electrons. The number of rotatable bonds is 8.